The maximum atomic E-state index is 13.0. The van der Waals surface area contributed by atoms with Crippen LogP contribution in [0.5, 0.6) is 0 Å². The predicted octanol–water partition coefficient (Wildman–Crippen LogP) is 2.07. The number of nitrogens with zero attached hydrogens (tertiary/aromatic N) is 2. The van der Waals surface area contributed by atoms with Crippen LogP contribution in [0.25, 0.3) is 0 Å². The van der Waals surface area contributed by atoms with E-state index in [4.69, 9.17) is 4.74 Å². The average molecular weight is 453 g/mol. The van der Waals surface area contributed by atoms with E-state index in [0.29, 0.717) is 10.5 Å². The van der Waals surface area contributed by atoms with Gasteiger partial charge in [0.1, 0.15) is 0 Å². The number of sulfonamides is 1. The Morgan fingerprint density at radius 2 is 1.61 bits per heavy atom. The molecule has 0 aromatic heterocycles. The minimum atomic E-state index is -3.63. The van der Waals surface area contributed by atoms with Crippen LogP contribution in [0.15, 0.2) is 23.1 Å². The first-order valence-electron chi connectivity index (χ1n) is 10.4. The SMILES string of the molecule is Cc1ccc(C)c(S(=O)(=O)N2CCN(C(=O)CCC(=O)OCC(=O)C(C)(C)C)CC2)c1. The highest BCUT2D eigenvalue weighted by molar-refractivity contribution is 7.89. The summed E-state index contributed by atoms with van der Waals surface area (Å²) in [4.78, 5) is 37.9. The summed E-state index contributed by atoms with van der Waals surface area (Å²) in [6.45, 7) is 9.47. The van der Waals surface area contributed by atoms with Gasteiger partial charge in [-0.1, -0.05) is 32.9 Å². The molecule has 9 heteroatoms. The Labute approximate surface area is 184 Å². The molecule has 172 valence electrons. The van der Waals surface area contributed by atoms with Crippen LogP contribution < -0.4 is 0 Å². The molecule has 1 aromatic carbocycles. The number of benzene rings is 1. The van der Waals surface area contributed by atoms with Gasteiger partial charge in [-0.3, -0.25) is 14.4 Å². The minimum Gasteiger partial charge on any atom is -0.458 e. The molecule has 0 atom stereocenters. The quantitative estimate of drug-likeness (QED) is 0.587. The number of hydrogen-bond acceptors (Lipinski definition) is 6. The zero-order valence-electron chi connectivity index (χ0n) is 18.9. The van der Waals surface area contributed by atoms with Crippen molar-refractivity contribution in [3.8, 4) is 0 Å². The van der Waals surface area contributed by atoms with Crippen LogP contribution >= 0.6 is 0 Å². The van der Waals surface area contributed by atoms with Crippen molar-refractivity contribution in [2.24, 2.45) is 5.41 Å². The van der Waals surface area contributed by atoms with Gasteiger partial charge in [-0.15, -0.1) is 0 Å². The van der Waals surface area contributed by atoms with E-state index >= 15 is 0 Å². The van der Waals surface area contributed by atoms with Gasteiger partial charge in [0.15, 0.2) is 12.4 Å². The van der Waals surface area contributed by atoms with Gasteiger partial charge in [0, 0.05) is 38.0 Å². The molecule has 1 aliphatic heterocycles. The van der Waals surface area contributed by atoms with E-state index < -0.39 is 21.4 Å². The van der Waals surface area contributed by atoms with Crippen LogP contribution in [0.3, 0.4) is 0 Å². The van der Waals surface area contributed by atoms with E-state index in [1.165, 1.54) is 4.31 Å². The Hall–Kier alpha value is -2.26. The molecule has 1 amide bonds. The van der Waals surface area contributed by atoms with Gasteiger partial charge in [0.2, 0.25) is 15.9 Å². The number of aryl methyl sites for hydroxylation is 2. The minimum absolute atomic E-state index is 0.0354. The molecule has 2 rings (SSSR count). The lowest BCUT2D eigenvalue weighted by molar-refractivity contribution is -0.151. The monoisotopic (exact) mass is 452 g/mol. The second-order valence-electron chi connectivity index (χ2n) is 8.89. The molecule has 0 radical (unpaired) electrons. The molecule has 0 saturated carbocycles. The first-order chi connectivity index (χ1) is 14.3. The van der Waals surface area contributed by atoms with Gasteiger partial charge in [0.05, 0.1) is 11.3 Å². The molecule has 1 aliphatic rings. The average Bonchev–Trinajstić information content (AvgIpc) is 2.71. The fourth-order valence-corrected chi connectivity index (χ4v) is 4.84. The molecule has 1 aromatic rings. The van der Waals surface area contributed by atoms with Crippen LogP contribution in [0.1, 0.15) is 44.7 Å². The smallest absolute Gasteiger partial charge is 0.306 e. The summed E-state index contributed by atoms with van der Waals surface area (Å²) in [5.74, 6) is -1.02. The lowest BCUT2D eigenvalue weighted by Crippen LogP contribution is -2.50. The van der Waals surface area contributed by atoms with Crippen LogP contribution in [0.2, 0.25) is 0 Å². The van der Waals surface area contributed by atoms with Crippen molar-refractivity contribution >= 4 is 27.7 Å². The van der Waals surface area contributed by atoms with Crippen molar-refractivity contribution in [1.29, 1.82) is 0 Å². The van der Waals surface area contributed by atoms with Gasteiger partial charge in [-0.2, -0.15) is 4.31 Å². The first kappa shape index (κ1) is 25.0. The highest BCUT2D eigenvalue weighted by Crippen LogP contribution is 2.22. The largest absolute Gasteiger partial charge is 0.458 e. The Morgan fingerprint density at radius 1 is 1.00 bits per heavy atom. The summed E-state index contributed by atoms with van der Waals surface area (Å²) in [6.07, 6.45) is -0.149. The number of carbonyl (C=O) groups is 3. The normalized spacial score (nSPS) is 15.6. The standard InChI is InChI=1S/C22H32N2O6S/c1-16-6-7-17(2)18(14-16)31(28,29)24-12-10-23(11-13-24)20(26)8-9-21(27)30-15-19(25)22(3,4)5/h6-7,14H,8-13,15H2,1-5H3. The first-order valence-corrected chi connectivity index (χ1v) is 11.8. The Morgan fingerprint density at radius 3 is 2.19 bits per heavy atom. The van der Waals surface area contributed by atoms with Crippen molar-refractivity contribution in [3.05, 3.63) is 29.3 Å². The molecular formula is C22H32N2O6S. The summed E-state index contributed by atoms with van der Waals surface area (Å²) >= 11 is 0. The number of amides is 1. The fraction of sp³-hybridized carbons (Fsp3) is 0.591. The highest BCUT2D eigenvalue weighted by atomic mass is 32.2. The van der Waals surface area contributed by atoms with Gasteiger partial charge in [-0.25, -0.2) is 8.42 Å². The number of rotatable bonds is 7. The zero-order chi connectivity index (χ0) is 23.4. The van der Waals surface area contributed by atoms with Gasteiger partial charge in [-0.05, 0) is 31.0 Å². The van der Waals surface area contributed by atoms with E-state index in [9.17, 15) is 22.8 Å². The number of hydrogen-bond donors (Lipinski definition) is 0. The Kier molecular flexibility index (Phi) is 7.99. The summed E-state index contributed by atoms with van der Waals surface area (Å²) < 4.78 is 32.3. The van der Waals surface area contributed by atoms with E-state index in [1.807, 2.05) is 13.0 Å². The lowest BCUT2D eigenvalue weighted by atomic mass is 9.91. The Balaban J connectivity index is 1.84. The summed E-state index contributed by atoms with van der Waals surface area (Å²) in [5.41, 5.74) is 0.967. The number of Topliss-reactive ketones (excluding diaryl/α,β-unsaturated/α-hetero) is 1. The van der Waals surface area contributed by atoms with Crippen molar-refractivity contribution < 1.29 is 27.5 Å². The summed E-state index contributed by atoms with van der Waals surface area (Å²) in [5, 5.41) is 0. The number of ketones is 1. The molecule has 0 aliphatic carbocycles. The third-order valence-corrected chi connectivity index (χ3v) is 7.34. The number of piperazine rings is 1. The third-order valence-electron chi connectivity index (χ3n) is 5.30. The fourth-order valence-electron chi connectivity index (χ4n) is 3.10. The second kappa shape index (κ2) is 9.91. The third kappa shape index (κ3) is 6.61. The molecule has 1 saturated heterocycles. The predicted molar refractivity (Wildman–Crippen MR) is 116 cm³/mol. The van der Waals surface area contributed by atoms with E-state index in [-0.39, 0.29) is 57.3 Å². The highest BCUT2D eigenvalue weighted by Gasteiger charge is 2.31. The molecule has 0 bridgehead atoms. The van der Waals surface area contributed by atoms with Gasteiger partial charge in [0.25, 0.3) is 0 Å². The summed E-state index contributed by atoms with van der Waals surface area (Å²) in [7, 11) is -3.63. The number of ether oxygens (including phenoxy) is 1. The van der Waals surface area contributed by atoms with Crippen molar-refractivity contribution in [1.82, 2.24) is 9.21 Å². The summed E-state index contributed by atoms with van der Waals surface area (Å²) in [6, 6.07) is 5.32. The molecular weight excluding hydrogens is 420 g/mol. The Bertz CT molecular complexity index is 941. The van der Waals surface area contributed by atoms with Crippen LogP contribution in [-0.2, 0) is 29.1 Å². The topological polar surface area (TPSA) is 101 Å². The van der Waals surface area contributed by atoms with Crippen molar-refractivity contribution in [2.75, 3.05) is 32.8 Å². The lowest BCUT2D eigenvalue weighted by Gasteiger charge is -2.34. The van der Waals surface area contributed by atoms with E-state index in [2.05, 4.69) is 0 Å². The van der Waals surface area contributed by atoms with E-state index in [1.54, 1.807) is 44.7 Å². The molecule has 0 spiro atoms. The number of carbonyl (C=O) groups excluding carboxylic acids is 3. The molecule has 1 heterocycles. The molecule has 0 N–H and O–H groups in total. The van der Waals surface area contributed by atoms with Crippen molar-refractivity contribution in [2.45, 2.75) is 52.4 Å². The van der Waals surface area contributed by atoms with E-state index in [0.717, 1.165) is 5.56 Å². The molecule has 8 nitrogen and oxygen atoms in total. The van der Waals surface area contributed by atoms with Crippen LogP contribution in [0.4, 0.5) is 0 Å². The maximum absolute atomic E-state index is 13.0. The van der Waals surface area contributed by atoms with Gasteiger partial charge >= 0.3 is 5.97 Å². The van der Waals surface area contributed by atoms with Crippen molar-refractivity contribution in [3.63, 3.8) is 0 Å². The number of esters is 1. The van der Waals surface area contributed by atoms with Crippen LogP contribution in [-0.4, -0.2) is 68.1 Å². The van der Waals surface area contributed by atoms with Gasteiger partial charge < -0.3 is 9.64 Å². The van der Waals surface area contributed by atoms with Crippen LogP contribution in [0, 0.1) is 19.3 Å². The zero-order valence-corrected chi connectivity index (χ0v) is 19.8. The molecule has 0 unspecified atom stereocenters. The second-order valence-corrected chi connectivity index (χ2v) is 10.8. The maximum Gasteiger partial charge on any atom is 0.306 e. The molecule has 31 heavy (non-hydrogen) atoms. The molecule has 1 fully saturated rings.